The van der Waals surface area contributed by atoms with Crippen LogP contribution in [0.4, 0.5) is 9.18 Å². The molecule has 1 aliphatic heterocycles. The lowest BCUT2D eigenvalue weighted by molar-refractivity contribution is 0.0285. The molecule has 1 aromatic rings. The molecule has 0 bridgehead atoms. The second kappa shape index (κ2) is 7.30. The number of nitrogens with zero attached hydrogens (tertiary/aromatic N) is 1. The van der Waals surface area contributed by atoms with Crippen molar-refractivity contribution in [3.8, 4) is 0 Å². The second-order valence-corrected chi connectivity index (χ2v) is 7.03. The van der Waals surface area contributed by atoms with Crippen molar-refractivity contribution in [3.63, 3.8) is 0 Å². The summed E-state index contributed by atoms with van der Waals surface area (Å²) in [6.45, 7) is 9.57. The van der Waals surface area contributed by atoms with Crippen molar-refractivity contribution in [1.29, 1.82) is 0 Å². The molecule has 128 valence electrons. The van der Waals surface area contributed by atoms with Gasteiger partial charge >= 0.3 is 6.09 Å². The Balaban J connectivity index is 2.08. The molecule has 2 unspecified atom stereocenters. The minimum absolute atomic E-state index is 0.0892. The van der Waals surface area contributed by atoms with Crippen molar-refractivity contribution in [2.45, 2.75) is 45.8 Å². The lowest BCUT2D eigenvalue weighted by Crippen LogP contribution is -2.37. The summed E-state index contributed by atoms with van der Waals surface area (Å²) >= 11 is 0. The Morgan fingerprint density at radius 2 is 2.13 bits per heavy atom. The quantitative estimate of drug-likeness (QED) is 0.918. The fourth-order valence-corrected chi connectivity index (χ4v) is 3.03. The van der Waals surface area contributed by atoms with Crippen LogP contribution in [0, 0.1) is 11.7 Å². The van der Waals surface area contributed by atoms with E-state index in [-0.39, 0.29) is 23.9 Å². The van der Waals surface area contributed by atoms with Crippen LogP contribution in [0.3, 0.4) is 0 Å². The summed E-state index contributed by atoms with van der Waals surface area (Å²) in [5.74, 6) is -0.0199. The van der Waals surface area contributed by atoms with Crippen LogP contribution in [0.1, 0.15) is 45.7 Å². The van der Waals surface area contributed by atoms with E-state index >= 15 is 0 Å². The highest BCUT2D eigenvalue weighted by Crippen LogP contribution is 2.32. The molecule has 0 spiro atoms. The third kappa shape index (κ3) is 4.67. The molecule has 1 aromatic carbocycles. The molecule has 2 rings (SSSR count). The first-order valence-electron chi connectivity index (χ1n) is 8.27. The third-order valence-corrected chi connectivity index (χ3v) is 4.01. The first kappa shape index (κ1) is 17.7. The van der Waals surface area contributed by atoms with Crippen LogP contribution in [0.2, 0.25) is 0 Å². The lowest BCUT2D eigenvalue weighted by atomic mass is 9.92. The number of benzene rings is 1. The summed E-state index contributed by atoms with van der Waals surface area (Å²) in [4.78, 5) is 13.9. The molecule has 2 atom stereocenters. The van der Waals surface area contributed by atoms with Gasteiger partial charge in [-0.3, -0.25) is 0 Å². The Morgan fingerprint density at radius 3 is 2.74 bits per heavy atom. The summed E-state index contributed by atoms with van der Waals surface area (Å²) in [5, 5.41) is 3.37. The molecule has 0 saturated carbocycles. The topological polar surface area (TPSA) is 41.6 Å². The van der Waals surface area contributed by atoms with Gasteiger partial charge in [-0.15, -0.1) is 0 Å². The maximum Gasteiger partial charge on any atom is 0.410 e. The Labute approximate surface area is 138 Å². The molecule has 1 N–H and O–H groups in total. The van der Waals surface area contributed by atoms with Crippen LogP contribution < -0.4 is 5.32 Å². The lowest BCUT2D eigenvalue weighted by Gasteiger charge is -2.27. The molecule has 1 amide bonds. The number of halogens is 1. The second-order valence-electron chi connectivity index (χ2n) is 7.03. The van der Waals surface area contributed by atoms with Crippen LogP contribution in [0.15, 0.2) is 24.3 Å². The predicted molar refractivity (Wildman–Crippen MR) is 88.7 cm³/mol. The van der Waals surface area contributed by atoms with Crippen molar-refractivity contribution in [2.75, 3.05) is 19.6 Å². The Bertz CT molecular complexity index is 542. The van der Waals surface area contributed by atoms with E-state index in [1.54, 1.807) is 11.0 Å². The number of carbonyl (C=O) groups excluding carboxylic acids is 1. The van der Waals surface area contributed by atoms with Crippen molar-refractivity contribution >= 4 is 6.09 Å². The highest BCUT2D eigenvalue weighted by molar-refractivity contribution is 5.68. The van der Waals surface area contributed by atoms with Gasteiger partial charge in [-0.2, -0.15) is 0 Å². The molecule has 1 saturated heterocycles. The third-order valence-electron chi connectivity index (χ3n) is 4.01. The summed E-state index contributed by atoms with van der Waals surface area (Å²) in [6.07, 6.45) is 0.550. The van der Waals surface area contributed by atoms with Crippen molar-refractivity contribution in [1.82, 2.24) is 10.2 Å². The van der Waals surface area contributed by atoms with E-state index < -0.39 is 5.60 Å². The molecule has 0 aliphatic carbocycles. The molecule has 1 heterocycles. The van der Waals surface area contributed by atoms with Crippen molar-refractivity contribution in [3.05, 3.63) is 35.6 Å². The fraction of sp³-hybridized carbons (Fsp3) is 0.611. The number of likely N-dealkylation sites (tertiary alicyclic amines) is 1. The number of amides is 1. The van der Waals surface area contributed by atoms with E-state index in [9.17, 15) is 9.18 Å². The van der Waals surface area contributed by atoms with E-state index in [1.807, 2.05) is 39.8 Å². The van der Waals surface area contributed by atoms with E-state index in [2.05, 4.69) is 5.32 Å². The summed E-state index contributed by atoms with van der Waals surface area (Å²) in [7, 11) is 0. The zero-order chi connectivity index (χ0) is 17.0. The maximum atomic E-state index is 14.1. The number of hydrogen-bond acceptors (Lipinski definition) is 3. The van der Waals surface area contributed by atoms with Crippen LogP contribution >= 0.6 is 0 Å². The summed E-state index contributed by atoms with van der Waals surface area (Å²) < 4.78 is 19.6. The molecule has 1 aliphatic rings. The van der Waals surface area contributed by atoms with E-state index in [1.165, 1.54) is 6.07 Å². The molecular formula is C18H27FN2O2. The normalized spacial score (nSPS) is 19.7. The number of rotatable bonds is 4. The summed E-state index contributed by atoms with van der Waals surface area (Å²) in [5.41, 5.74) is 0.173. The van der Waals surface area contributed by atoms with E-state index in [0.29, 0.717) is 18.7 Å². The van der Waals surface area contributed by atoms with Gasteiger partial charge < -0.3 is 15.0 Å². The van der Waals surface area contributed by atoms with Crippen LogP contribution in [-0.2, 0) is 4.74 Å². The Hall–Kier alpha value is -1.62. The monoisotopic (exact) mass is 322 g/mol. The molecule has 23 heavy (non-hydrogen) atoms. The standard InChI is InChI=1S/C18H27FN2O2/c1-5-20-16(14-8-6-7-9-15(14)19)13-10-11-21(12-13)17(22)23-18(2,3)4/h6-9,13,16,20H,5,10-12H2,1-4H3. The van der Waals surface area contributed by atoms with Gasteiger partial charge in [-0.1, -0.05) is 25.1 Å². The molecular weight excluding hydrogens is 295 g/mol. The highest BCUT2D eigenvalue weighted by Gasteiger charge is 2.35. The number of hydrogen-bond donors (Lipinski definition) is 1. The largest absolute Gasteiger partial charge is 0.444 e. The van der Waals surface area contributed by atoms with Crippen LogP contribution in [0.25, 0.3) is 0 Å². The molecule has 1 fully saturated rings. The van der Waals surface area contributed by atoms with Gasteiger partial charge in [0.1, 0.15) is 11.4 Å². The van der Waals surface area contributed by atoms with Crippen LogP contribution in [0.5, 0.6) is 0 Å². The number of ether oxygens (including phenoxy) is 1. The molecule has 0 aromatic heterocycles. The van der Waals surface area contributed by atoms with Gasteiger partial charge in [0.15, 0.2) is 0 Å². The average molecular weight is 322 g/mol. The highest BCUT2D eigenvalue weighted by atomic mass is 19.1. The van der Waals surface area contributed by atoms with E-state index in [0.717, 1.165) is 13.0 Å². The fourth-order valence-electron chi connectivity index (χ4n) is 3.03. The molecule has 5 heteroatoms. The van der Waals surface area contributed by atoms with Gasteiger partial charge in [-0.25, -0.2) is 9.18 Å². The molecule has 0 radical (unpaired) electrons. The van der Waals surface area contributed by atoms with Crippen molar-refractivity contribution in [2.24, 2.45) is 5.92 Å². The first-order valence-corrected chi connectivity index (χ1v) is 8.27. The van der Waals surface area contributed by atoms with Gasteiger partial charge in [0.05, 0.1) is 0 Å². The number of carbonyl (C=O) groups is 1. The van der Waals surface area contributed by atoms with Gasteiger partial charge in [0.25, 0.3) is 0 Å². The average Bonchev–Trinajstić information content (AvgIpc) is 2.93. The molecule has 4 nitrogen and oxygen atoms in total. The van der Waals surface area contributed by atoms with Gasteiger partial charge in [0.2, 0.25) is 0 Å². The minimum atomic E-state index is -0.498. The Morgan fingerprint density at radius 1 is 1.43 bits per heavy atom. The zero-order valence-electron chi connectivity index (χ0n) is 14.4. The SMILES string of the molecule is CCNC(c1ccccc1F)C1CCN(C(=O)OC(C)(C)C)C1. The van der Waals surface area contributed by atoms with Crippen LogP contribution in [-0.4, -0.2) is 36.2 Å². The van der Waals surface area contributed by atoms with Crippen molar-refractivity contribution < 1.29 is 13.9 Å². The van der Waals surface area contributed by atoms with E-state index in [4.69, 9.17) is 4.74 Å². The number of nitrogens with one attached hydrogen (secondary N) is 1. The van der Waals surface area contributed by atoms with Gasteiger partial charge in [0, 0.05) is 24.7 Å². The smallest absolute Gasteiger partial charge is 0.410 e. The summed E-state index contributed by atoms with van der Waals surface area (Å²) in [6, 6.07) is 6.76. The Kier molecular flexibility index (Phi) is 5.63. The minimum Gasteiger partial charge on any atom is -0.444 e. The van der Waals surface area contributed by atoms with Gasteiger partial charge in [-0.05, 0) is 45.7 Å². The zero-order valence-corrected chi connectivity index (χ0v) is 14.4. The maximum absolute atomic E-state index is 14.1. The first-order chi connectivity index (χ1) is 10.8. The predicted octanol–water partition coefficient (Wildman–Crippen LogP) is 3.73.